The van der Waals surface area contributed by atoms with Gasteiger partial charge in [0, 0.05) is 6.04 Å². The van der Waals surface area contributed by atoms with Gasteiger partial charge in [0.1, 0.15) is 0 Å². The van der Waals surface area contributed by atoms with Gasteiger partial charge in [0.05, 0.1) is 0 Å². The number of aryl methyl sites for hydroxylation is 1. The van der Waals surface area contributed by atoms with E-state index in [1.54, 1.807) is 0 Å². The van der Waals surface area contributed by atoms with Gasteiger partial charge in [0.2, 0.25) is 0 Å². The number of hydrogen-bond acceptors (Lipinski definition) is 3. The Labute approximate surface area is 101 Å². The SMILES string of the molecule is Cc1cccc(C2N=C(NC(C)C)NC2=O)c1. The quantitative estimate of drug-likeness (QED) is 0.810. The smallest absolute Gasteiger partial charge is 0.256 e. The lowest BCUT2D eigenvalue weighted by Gasteiger charge is -2.07. The van der Waals surface area contributed by atoms with Crippen LogP contribution in [0.2, 0.25) is 0 Å². The summed E-state index contributed by atoms with van der Waals surface area (Å²) in [6.45, 7) is 6.02. The molecule has 2 rings (SSSR count). The molecule has 0 spiro atoms. The average molecular weight is 231 g/mol. The molecule has 0 radical (unpaired) electrons. The van der Waals surface area contributed by atoms with Crippen molar-refractivity contribution in [3.05, 3.63) is 35.4 Å². The average Bonchev–Trinajstić information content (AvgIpc) is 2.58. The highest BCUT2D eigenvalue weighted by Gasteiger charge is 2.27. The summed E-state index contributed by atoms with van der Waals surface area (Å²) < 4.78 is 0. The molecule has 0 saturated carbocycles. The third-order valence-electron chi connectivity index (χ3n) is 2.53. The van der Waals surface area contributed by atoms with Gasteiger partial charge >= 0.3 is 0 Å². The molecule has 1 amide bonds. The van der Waals surface area contributed by atoms with Crippen molar-refractivity contribution in [1.29, 1.82) is 0 Å². The van der Waals surface area contributed by atoms with Crippen molar-refractivity contribution in [2.75, 3.05) is 0 Å². The highest BCUT2D eigenvalue weighted by Crippen LogP contribution is 2.21. The zero-order valence-corrected chi connectivity index (χ0v) is 10.3. The summed E-state index contributed by atoms with van der Waals surface area (Å²) in [5, 5.41) is 5.86. The van der Waals surface area contributed by atoms with E-state index in [2.05, 4.69) is 15.6 Å². The van der Waals surface area contributed by atoms with E-state index in [-0.39, 0.29) is 11.9 Å². The summed E-state index contributed by atoms with van der Waals surface area (Å²) in [7, 11) is 0. The molecule has 0 saturated heterocycles. The number of carbonyl (C=O) groups is 1. The van der Waals surface area contributed by atoms with Gasteiger partial charge < -0.3 is 5.32 Å². The van der Waals surface area contributed by atoms with E-state index in [1.165, 1.54) is 0 Å². The van der Waals surface area contributed by atoms with Crippen molar-refractivity contribution in [2.24, 2.45) is 4.99 Å². The van der Waals surface area contributed by atoms with Gasteiger partial charge in [-0.2, -0.15) is 0 Å². The molecule has 1 aromatic rings. The van der Waals surface area contributed by atoms with Crippen molar-refractivity contribution >= 4 is 11.9 Å². The monoisotopic (exact) mass is 231 g/mol. The Bertz CT molecular complexity index is 465. The van der Waals surface area contributed by atoms with E-state index in [4.69, 9.17) is 0 Å². The Hall–Kier alpha value is -1.84. The molecule has 2 N–H and O–H groups in total. The number of benzene rings is 1. The maximum atomic E-state index is 11.8. The second kappa shape index (κ2) is 4.57. The van der Waals surface area contributed by atoms with Crippen molar-refractivity contribution in [1.82, 2.24) is 10.6 Å². The Morgan fingerprint density at radius 3 is 2.82 bits per heavy atom. The maximum absolute atomic E-state index is 11.8. The van der Waals surface area contributed by atoms with Crippen LogP contribution in [0.4, 0.5) is 0 Å². The van der Waals surface area contributed by atoms with Crippen LogP contribution in [-0.2, 0) is 4.79 Å². The van der Waals surface area contributed by atoms with E-state index in [1.807, 2.05) is 45.0 Å². The molecule has 4 nitrogen and oxygen atoms in total. The summed E-state index contributed by atoms with van der Waals surface area (Å²) in [6, 6.07) is 7.71. The normalized spacial score (nSPS) is 19.2. The minimum Gasteiger partial charge on any atom is -0.354 e. The van der Waals surface area contributed by atoms with Gasteiger partial charge in [-0.3, -0.25) is 10.1 Å². The number of hydrogen-bond donors (Lipinski definition) is 2. The summed E-state index contributed by atoms with van der Waals surface area (Å²) in [5.74, 6) is 0.496. The highest BCUT2D eigenvalue weighted by atomic mass is 16.2. The molecule has 0 bridgehead atoms. The number of aliphatic imine (C=N–C) groups is 1. The van der Waals surface area contributed by atoms with Crippen LogP contribution in [0, 0.1) is 6.92 Å². The Kier molecular flexibility index (Phi) is 3.13. The standard InChI is InChI=1S/C13H17N3O/c1-8(2)14-13-15-11(12(17)16-13)10-6-4-5-9(3)7-10/h4-8,11H,1-3H3,(H2,14,15,16,17). The van der Waals surface area contributed by atoms with Crippen LogP contribution < -0.4 is 10.6 Å². The van der Waals surface area contributed by atoms with E-state index >= 15 is 0 Å². The van der Waals surface area contributed by atoms with Gasteiger partial charge in [-0.1, -0.05) is 29.8 Å². The van der Waals surface area contributed by atoms with Crippen molar-refractivity contribution in [3.63, 3.8) is 0 Å². The minimum atomic E-state index is -0.420. The second-order valence-electron chi connectivity index (χ2n) is 4.58. The van der Waals surface area contributed by atoms with E-state index in [0.717, 1.165) is 11.1 Å². The predicted molar refractivity (Wildman–Crippen MR) is 67.8 cm³/mol. The number of nitrogens with zero attached hydrogens (tertiary/aromatic N) is 1. The lowest BCUT2D eigenvalue weighted by Crippen LogP contribution is -2.40. The highest BCUT2D eigenvalue weighted by molar-refractivity contribution is 6.05. The molecule has 17 heavy (non-hydrogen) atoms. The van der Waals surface area contributed by atoms with Gasteiger partial charge in [0.15, 0.2) is 12.0 Å². The van der Waals surface area contributed by atoms with E-state index in [0.29, 0.717) is 5.96 Å². The fourth-order valence-corrected chi connectivity index (χ4v) is 1.82. The zero-order valence-electron chi connectivity index (χ0n) is 10.3. The van der Waals surface area contributed by atoms with Gasteiger partial charge in [0.25, 0.3) is 5.91 Å². The fraction of sp³-hybridized carbons (Fsp3) is 0.385. The Morgan fingerprint density at radius 1 is 1.41 bits per heavy atom. The molecule has 0 aliphatic carbocycles. The van der Waals surface area contributed by atoms with Crippen LogP contribution >= 0.6 is 0 Å². The summed E-state index contributed by atoms with van der Waals surface area (Å²) in [4.78, 5) is 16.2. The number of nitrogens with one attached hydrogen (secondary N) is 2. The third-order valence-corrected chi connectivity index (χ3v) is 2.53. The van der Waals surface area contributed by atoms with Crippen LogP contribution in [0.25, 0.3) is 0 Å². The van der Waals surface area contributed by atoms with Gasteiger partial charge in [-0.15, -0.1) is 0 Å². The number of rotatable bonds is 2. The molecular weight excluding hydrogens is 214 g/mol. The van der Waals surface area contributed by atoms with E-state index in [9.17, 15) is 4.79 Å². The van der Waals surface area contributed by atoms with E-state index < -0.39 is 6.04 Å². The van der Waals surface area contributed by atoms with Gasteiger partial charge in [-0.25, -0.2) is 4.99 Å². The van der Waals surface area contributed by atoms with Crippen LogP contribution in [0.1, 0.15) is 31.0 Å². The summed E-state index contributed by atoms with van der Waals surface area (Å²) in [5.41, 5.74) is 2.07. The molecule has 90 valence electrons. The first-order valence-electron chi connectivity index (χ1n) is 5.78. The van der Waals surface area contributed by atoms with Crippen LogP contribution in [0.3, 0.4) is 0 Å². The fourth-order valence-electron chi connectivity index (χ4n) is 1.82. The first-order chi connectivity index (χ1) is 8.06. The Morgan fingerprint density at radius 2 is 2.18 bits per heavy atom. The zero-order chi connectivity index (χ0) is 12.4. The molecule has 0 aromatic heterocycles. The Balaban J connectivity index is 2.21. The molecule has 1 aliphatic heterocycles. The first-order valence-corrected chi connectivity index (χ1v) is 5.78. The molecule has 1 atom stereocenters. The maximum Gasteiger partial charge on any atom is 0.256 e. The lowest BCUT2D eigenvalue weighted by atomic mass is 10.1. The molecule has 1 aliphatic rings. The minimum absolute atomic E-state index is 0.0706. The number of guanidine groups is 1. The predicted octanol–water partition coefficient (Wildman–Crippen LogP) is 1.52. The molecule has 0 fully saturated rings. The lowest BCUT2D eigenvalue weighted by molar-refractivity contribution is -0.120. The van der Waals surface area contributed by atoms with Crippen molar-refractivity contribution < 1.29 is 4.79 Å². The molecule has 1 unspecified atom stereocenters. The van der Waals surface area contributed by atoms with Crippen LogP contribution in [-0.4, -0.2) is 17.9 Å². The third kappa shape index (κ3) is 2.64. The van der Waals surface area contributed by atoms with Crippen LogP contribution in [0.15, 0.2) is 29.3 Å². The first kappa shape index (κ1) is 11.6. The molecule has 4 heteroatoms. The van der Waals surface area contributed by atoms with Crippen molar-refractivity contribution in [2.45, 2.75) is 32.9 Å². The second-order valence-corrected chi connectivity index (χ2v) is 4.58. The summed E-state index contributed by atoms with van der Waals surface area (Å²) in [6.07, 6.45) is 0. The molecular formula is C13H17N3O. The van der Waals surface area contributed by atoms with Crippen molar-refractivity contribution in [3.8, 4) is 0 Å². The summed E-state index contributed by atoms with van der Waals surface area (Å²) >= 11 is 0. The number of carbonyl (C=O) groups excluding carboxylic acids is 1. The van der Waals surface area contributed by atoms with Crippen LogP contribution in [0.5, 0.6) is 0 Å². The number of amides is 1. The topological polar surface area (TPSA) is 53.5 Å². The largest absolute Gasteiger partial charge is 0.354 e. The van der Waals surface area contributed by atoms with Gasteiger partial charge in [-0.05, 0) is 26.3 Å². The molecule has 1 heterocycles. The molecule has 1 aromatic carbocycles.